The van der Waals surface area contributed by atoms with E-state index in [2.05, 4.69) is 27.2 Å². The van der Waals surface area contributed by atoms with E-state index in [1.54, 1.807) is 7.05 Å². The molecule has 122 valence electrons. The van der Waals surface area contributed by atoms with Crippen molar-refractivity contribution in [2.45, 2.75) is 12.1 Å². The maximum absolute atomic E-state index is 6.19. The number of benzene rings is 1. The maximum atomic E-state index is 6.19. The summed E-state index contributed by atoms with van der Waals surface area (Å²) in [6, 6.07) is 5.77. The van der Waals surface area contributed by atoms with E-state index < -0.39 is 0 Å². The Morgan fingerprint density at radius 1 is 1.30 bits per heavy atom. The number of ether oxygens (including phenoxy) is 1. The molecule has 2 unspecified atom stereocenters. The molecular formula is C16H20ClN5O. The molecule has 0 radical (unpaired) electrons. The van der Waals surface area contributed by atoms with Gasteiger partial charge in [-0.05, 0) is 25.2 Å². The summed E-state index contributed by atoms with van der Waals surface area (Å²) < 4.78 is 6.19. The fraction of sp³-hybridized carbons (Fsp3) is 0.500. The number of amidine groups is 1. The third-order valence-electron chi connectivity index (χ3n) is 4.66. The monoisotopic (exact) mass is 333 g/mol. The van der Waals surface area contributed by atoms with Gasteiger partial charge in [-0.15, -0.1) is 0 Å². The van der Waals surface area contributed by atoms with E-state index in [1.165, 1.54) is 0 Å². The first-order valence-corrected chi connectivity index (χ1v) is 8.25. The van der Waals surface area contributed by atoms with Crippen LogP contribution in [0.5, 0.6) is 5.75 Å². The van der Waals surface area contributed by atoms with Crippen LogP contribution in [0, 0.1) is 0 Å². The number of likely N-dealkylation sites (N-methyl/N-ethyl adjacent to an activating group) is 1. The molecule has 1 N–H and O–H groups in total. The van der Waals surface area contributed by atoms with Crippen molar-refractivity contribution in [3.8, 4) is 5.75 Å². The number of nitrogens with one attached hydrogen (secondary N) is 1. The highest BCUT2D eigenvalue weighted by Crippen LogP contribution is 2.40. The Hall–Kier alpha value is -1.79. The first kappa shape index (κ1) is 14.8. The Bertz CT molecular complexity index is 681. The van der Waals surface area contributed by atoms with Crippen LogP contribution in [0.4, 0.5) is 0 Å². The number of aliphatic imine (C=N–C) groups is 2. The third-order valence-corrected chi connectivity index (χ3v) is 4.90. The molecule has 6 nitrogen and oxygen atoms in total. The van der Waals surface area contributed by atoms with Crippen molar-refractivity contribution < 1.29 is 4.74 Å². The molecule has 0 aliphatic carbocycles. The van der Waals surface area contributed by atoms with Crippen molar-refractivity contribution >= 4 is 23.4 Å². The Morgan fingerprint density at radius 2 is 2.09 bits per heavy atom. The molecule has 2 atom stereocenters. The highest BCUT2D eigenvalue weighted by molar-refractivity contribution is 6.30. The summed E-state index contributed by atoms with van der Waals surface area (Å²) in [4.78, 5) is 13.6. The fourth-order valence-corrected chi connectivity index (χ4v) is 3.52. The predicted octanol–water partition coefficient (Wildman–Crippen LogP) is 1.38. The van der Waals surface area contributed by atoms with Crippen molar-refractivity contribution in [1.29, 1.82) is 0 Å². The lowest BCUT2D eigenvalue weighted by Gasteiger charge is -2.39. The van der Waals surface area contributed by atoms with E-state index in [0.29, 0.717) is 11.0 Å². The summed E-state index contributed by atoms with van der Waals surface area (Å²) in [6.07, 6.45) is -0.127. The number of piperazine rings is 1. The van der Waals surface area contributed by atoms with Crippen LogP contribution in [-0.2, 0) is 0 Å². The van der Waals surface area contributed by atoms with Gasteiger partial charge < -0.3 is 19.9 Å². The van der Waals surface area contributed by atoms with E-state index >= 15 is 0 Å². The number of nitrogens with zero attached hydrogens (tertiary/aromatic N) is 4. The number of fused-ring (bicyclic) bond motifs is 3. The van der Waals surface area contributed by atoms with Gasteiger partial charge in [0, 0.05) is 43.8 Å². The van der Waals surface area contributed by atoms with Gasteiger partial charge in [-0.25, -0.2) is 0 Å². The molecule has 7 heteroatoms. The number of hydrogen-bond acceptors (Lipinski definition) is 4. The number of halogens is 1. The highest BCUT2D eigenvalue weighted by Gasteiger charge is 2.43. The molecule has 1 aromatic rings. The van der Waals surface area contributed by atoms with Crippen molar-refractivity contribution in [3.05, 3.63) is 28.8 Å². The summed E-state index contributed by atoms with van der Waals surface area (Å²) in [7, 11) is 3.90. The molecular weight excluding hydrogens is 314 g/mol. The minimum Gasteiger partial charge on any atom is -0.480 e. The van der Waals surface area contributed by atoms with Gasteiger partial charge in [-0.1, -0.05) is 11.6 Å². The minimum absolute atomic E-state index is 0.00885. The minimum atomic E-state index is -0.127. The second-order valence-corrected chi connectivity index (χ2v) is 6.59. The van der Waals surface area contributed by atoms with Gasteiger partial charge in [0.15, 0.2) is 11.9 Å². The maximum Gasteiger partial charge on any atom is 0.220 e. The zero-order valence-corrected chi connectivity index (χ0v) is 14.0. The molecule has 3 aliphatic rings. The summed E-state index contributed by atoms with van der Waals surface area (Å²) in [5.74, 6) is 2.49. The van der Waals surface area contributed by atoms with E-state index in [0.717, 1.165) is 43.3 Å². The summed E-state index contributed by atoms with van der Waals surface area (Å²) in [6.45, 7) is 3.97. The second kappa shape index (κ2) is 5.69. The smallest absolute Gasteiger partial charge is 0.220 e. The van der Waals surface area contributed by atoms with E-state index in [9.17, 15) is 0 Å². The van der Waals surface area contributed by atoms with Gasteiger partial charge in [-0.2, -0.15) is 4.99 Å². The van der Waals surface area contributed by atoms with E-state index in [-0.39, 0.29) is 12.1 Å². The fourth-order valence-electron chi connectivity index (χ4n) is 3.34. The molecule has 0 aromatic heterocycles. The number of rotatable bonds is 0. The molecule has 1 aromatic carbocycles. The van der Waals surface area contributed by atoms with Crippen molar-refractivity contribution in [3.63, 3.8) is 0 Å². The average Bonchev–Trinajstić information content (AvgIpc) is 2.92. The lowest BCUT2D eigenvalue weighted by molar-refractivity contribution is 0.185. The van der Waals surface area contributed by atoms with Gasteiger partial charge in [0.1, 0.15) is 11.8 Å². The zero-order chi connectivity index (χ0) is 16.0. The van der Waals surface area contributed by atoms with Gasteiger partial charge >= 0.3 is 0 Å². The van der Waals surface area contributed by atoms with Crippen LogP contribution in [0.15, 0.2) is 28.2 Å². The van der Waals surface area contributed by atoms with E-state index in [4.69, 9.17) is 21.3 Å². The van der Waals surface area contributed by atoms with Crippen molar-refractivity contribution in [1.82, 2.24) is 15.1 Å². The SMILES string of the molecule is CN=C1N=C(N2CCN(C)CC2)C2Oc3ccc(Cl)cc3C2N1. The second-order valence-electron chi connectivity index (χ2n) is 6.15. The summed E-state index contributed by atoms with van der Waals surface area (Å²) in [5, 5.41) is 4.08. The Labute approximate surface area is 140 Å². The van der Waals surface area contributed by atoms with E-state index in [1.807, 2.05) is 18.2 Å². The Morgan fingerprint density at radius 3 is 2.83 bits per heavy atom. The molecule has 0 amide bonds. The van der Waals surface area contributed by atoms with Crippen LogP contribution in [0.25, 0.3) is 0 Å². The lowest BCUT2D eigenvalue weighted by Crippen LogP contribution is -2.56. The molecule has 23 heavy (non-hydrogen) atoms. The van der Waals surface area contributed by atoms with Crippen LogP contribution in [0.1, 0.15) is 11.6 Å². The molecule has 3 aliphatic heterocycles. The van der Waals surface area contributed by atoms with Gasteiger partial charge in [0.2, 0.25) is 5.96 Å². The lowest BCUT2D eigenvalue weighted by atomic mass is 10.0. The molecule has 0 saturated carbocycles. The first-order chi connectivity index (χ1) is 11.2. The predicted molar refractivity (Wildman–Crippen MR) is 91.6 cm³/mol. The third kappa shape index (κ3) is 2.56. The molecule has 1 fully saturated rings. The standard InChI is InChI=1S/C16H20ClN5O/c1-18-16-19-13-11-9-10(17)3-4-12(11)23-14(13)15(20-16)22-7-5-21(2)6-8-22/h3-4,9,13-14H,5-8H2,1-2H3,(H,18,19). The van der Waals surface area contributed by atoms with Crippen molar-refractivity contribution in [2.75, 3.05) is 40.3 Å². The summed E-state index contributed by atoms with van der Waals surface area (Å²) >= 11 is 6.17. The van der Waals surface area contributed by atoms with Gasteiger partial charge in [-0.3, -0.25) is 4.99 Å². The summed E-state index contributed by atoms with van der Waals surface area (Å²) in [5.41, 5.74) is 1.07. The number of hydrogen-bond donors (Lipinski definition) is 1. The molecule has 3 heterocycles. The van der Waals surface area contributed by atoms with Crippen molar-refractivity contribution in [2.24, 2.45) is 9.98 Å². The van der Waals surface area contributed by atoms with Crippen LogP contribution >= 0.6 is 11.6 Å². The molecule has 0 bridgehead atoms. The van der Waals surface area contributed by atoms with Crippen LogP contribution in [-0.4, -0.2) is 68.0 Å². The van der Waals surface area contributed by atoms with Gasteiger partial charge in [0.25, 0.3) is 0 Å². The Kier molecular flexibility index (Phi) is 3.66. The first-order valence-electron chi connectivity index (χ1n) is 7.87. The molecule has 4 rings (SSSR count). The average molecular weight is 334 g/mol. The van der Waals surface area contributed by atoms with Crippen LogP contribution in [0.2, 0.25) is 5.02 Å². The normalized spacial score (nSPS) is 28.7. The topological polar surface area (TPSA) is 52.5 Å². The quantitative estimate of drug-likeness (QED) is 0.779. The highest BCUT2D eigenvalue weighted by atomic mass is 35.5. The van der Waals surface area contributed by atoms with Gasteiger partial charge in [0.05, 0.1) is 0 Å². The largest absolute Gasteiger partial charge is 0.480 e. The van der Waals surface area contributed by atoms with Crippen LogP contribution in [0.3, 0.4) is 0 Å². The zero-order valence-electron chi connectivity index (χ0n) is 13.3. The Balaban J connectivity index is 1.69. The molecule has 1 saturated heterocycles. The number of guanidine groups is 1. The molecule has 0 spiro atoms. The van der Waals surface area contributed by atoms with Crippen LogP contribution < -0.4 is 10.1 Å².